The van der Waals surface area contributed by atoms with Crippen LogP contribution in [0.5, 0.6) is 5.75 Å². The molecule has 0 aliphatic heterocycles. The Morgan fingerprint density at radius 3 is 2.50 bits per heavy atom. The van der Waals surface area contributed by atoms with Gasteiger partial charge in [0.2, 0.25) is 0 Å². The van der Waals surface area contributed by atoms with Crippen molar-refractivity contribution in [2.24, 2.45) is 0 Å². The first-order valence-electron chi connectivity index (χ1n) is 6.89. The molecule has 0 saturated carbocycles. The van der Waals surface area contributed by atoms with E-state index in [0.717, 1.165) is 12.3 Å². The Hall–Kier alpha value is -2.06. The molecule has 0 unspecified atom stereocenters. The second-order valence-corrected chi connectivity index (χ2v) is 4.68. The molecule has 20 heavy (non-hydrogen) atoms. The highest BCUT2D eigenvalue weighted by atomic mass is 16.5. The Balaban J connectivity index is 1.89. The van der Waals surface area contributed by atoms with Crippen LogP contribution in [0.1, 0.15) is 24.1 Å². The van der Waals surface area contributed by atoms with Crippen molar-refractivity contribution in [3.05, 3.63) is 71.8 Å². The second-order valence-electron chi connectivity index (χ2n) is 4.68. The number of nitrogens with one attached hydrogen (secondary N) is 1. The fraction of sp³-hybridized carbons (Fsp3) is 0.222. The summed E-state index contributed by atoms with van der Waals surface area (Å²) in [4.78, 5) is 0. The second kappa shape index (κ2) is 7.51. The summed E-state index contributed by atoms with van der Waals surface area (Å²) in [6.07, 6.45) is 4.27. The molecule has 0 saturated heterocycles. The highest BCUT2D eigenvalue weighted by molar-refractivity contribution is 5.48. The van der Waals surface area contributed by atoms with Crippen LogP contribution < -0.4 is 10.1 Å². The lowest BCUT2D eigenvalue weighted by Gasteiger charge is -2.16. The molecule has 0 amide bonds. The number of ether oxygens (including phenoxy) is 1. The van der Waals surface area contributed by atoms with Gasteiger partial charge in [-0.2, -0.15) is 0 Å². The Bertz CT molecular complexity index is 548. The summed E-state index contributed by atoms with van der Waals surface area (Å²) in [6, 6.07) is 18.7. The Labute approximate surface area is 121 Å². The quantitative estimate of drug-likeness (QED) is 0.852. The largest absolute Gasteiger partial charge is 0.496 e. The third-order valence-electron chi connectivity index (χ3n) is 3.26. The van der Waals surface area contributed by atoms with Gasteiger partial charge in [-0.25, -0.2) is 0 Å². The maximum Gasteiger partial charge on any atom is 0.123 e. The van der Waals surface area contributed by atoms with E-state index in [-0.39, 0.29) is 6.04 Å². The molecule has 1 atom stereocenters. The third-order valence-corrected chi connectivity index (χ3v) is 3.26. The summed E-state index contributed by atoms with van der Waals surface area (Å²) < 4.78 is 5.38. The first-order chi connectivity index (χ1) is 9.81. The molecule has 0 radical (unpaired) electrons. The average Bonchev–Trinajstić information content (AvgIpc) is 2.52. The highest BCUT2D eigenvalue weighted by Crippen LogP contribution is 2.23. The molecular formula is C18H21NO. The summed E-state index contributed by atoms with van der Waals surface area (Å²) in [7, 11) is 1.71. The van der Waals surface area contributed by atoms with Gasteiger partial charge in [-0.15, -0.1) is 0 Å². The third kappa shape index (κ3) is 3.97. The number of hydrogen-bond donors (Lipinski definition) is 1. The zero-order valence-electron chi connectivity index (χ0n) is 12.0. The van der Waals surface area contributed by atoms with E-state index in [4.69, 9.17) is 4.74 Å². The fourth-order valence-electron chi connectivity index (χ4n) is 2.14. The van der Waals surface area contributed by atoms with E-state index < -0.39 is 0 Å². The molecular weight excluding hydrogens is 246 g/mol. The number of rotatable bonds is 6. The molecule has 2 nitrogen and oxygen atoms in total. The van der Waals surface area contributed by atoms with Gasteiger partial charge < -0.3 is 10.1 Å². The van der Waals surface area contributed by atoms with Crippen LogP contribution >= 0.6 is 0 Å². The first kappa shape index (κ1) is 14.4. The van der Waals surface area contributed by atoms with Crippen molar-refractivity contribution in [1.82, 2.24) is 5.32 Å². The van der Waals surface area contributed by atoms with Crippen LogP contribution in [0.25, 0.3) is 6.08 Å². The first-order valence-corrected chi connectivity index (χ1v) is 6.89. The predicted octanol–water partition coefficient (Wildman–Crippen LogP) is 4.06. The smallest absolute Gasteiger partial charge is 0.123 e. The van der Waals surface area contributed by atoms with Crippen LogP contribution in [0.15, 0.2) is 60.7 Å². The van der Waals surface area contributed by atoms with Crippen LogP contribution in [0.2, 0.25) is 0 Å². The molecule has 0 spiro atoms. The Kier molecular flexibility index (Phi) is 5.39. The van der Waals surface area contributed by atoms with Gasteiger partial charge in [0, 0.05) is 18.2 Å². The van der Waals surface area contributed by atoms with Gasteiger partial charge in [-0.1, -0.05) is 60.7 Å². The normalized spacial score (nSPS) is 12.5. The van der Waals surface area contributed by atoms with Crippen molar-refractivity contribution in [3.63, 3.8) is 0 Å². The average molecular weight is 267 g/mol. The SMILES string of the molecule is COc1ccccc1[C@H](C)NC/C=C/c1ccccc1. The molecule has 2 aromatic rings. The van der Waals surface area contributed by atoms with Gasteiger partial charge in [0.05, 0.1) is 7.11 Å². The predicted molar refractivity (Wildman–Crippen MR) is 84.9 cm³/mol. The topological polar surface area (TPSA) is 21.3 Å². The van der Waals surface area contributed by atoms with Crippen molar-refractivity contribution < 1.29 is 4.74 Å². The molecule has 2 rings (SSSR count). The van der Waals surface area contributed by atoms with Gasteiger partial charge in [-0.3, -0.25) is 0 Å². The van der Waals surface area contributed by atoms with E-state index >= 15 is 0 Å². The molecule has 0 aliphatic carbocycles. The lowest BCUT2D eigenvalue weighted by atomic mass is 10.1. The summed E-state index contributed by atoms with van der Waals surface area (Å²) in [5, 5.41) is 3.48. The summed E-state index contributed by atoms with van der Waals surface area (Å²) >= 11 is 0. The van der Waals surface area contributed by atoms with Gasteiger partial charge in [0.1, 0.15) is 5.75 Å². The van der Waals surface area contributed by atoms with E-state index in [1.165, 1.54) is 11.1 Å². The van der Waals surface area contributed by atoms with Crippen molar-refractivity contribution in [1.29, 1.82) is 0 Å². The molecule has 2 heteroatoms. The van der Waals surface area contributed by atoms with Crippen LogP contribution in [-0.4, -0.2) is 13.7 Å². The monoisotopic (exact) mass is 267 g/mol. The number of para-hydroxylation sites is 1. The zero-order valence-corrected chi connectivity index (χ0v) is 12.0. The van der Waals surface area contributed by atoms with E-state index in [2.05, 4.69) is 42.6 Å². The number of benzene rings is 2. The van der Waals surface area contributed by atoms with Crippen LogP contribution in [0.4, 0.5) is 0 Å². The Morgan fingerprint density at radius 1 is 1.05 bits per heavy atom. The summed E-state index contributed by atoms with van der Waals surface area (Å²) in [5.74, 6) is 0.930. The minimum Gasteiger partial charge on any atom is -0.496 e. The molecule has 0 aliphatic rings. The molecule has 104 valence electrons. The molecule has 1 N–H and O–H groups in total. The minimum atomic E-state index is 0.256. The maximum absolute atomic E-state index is 5.38. The lowest BCUT2D eigenvalue weighted by Crippen LogP contribution is -2.19. The number of hydrogen-bond acceptors (Lipinski definition) is 2. The molecule has 0 aromatic heterocycles. The van der Waals surface area contributed by atoms with Gasteiger partial charge in [0.25, 0.3) is 0 Å². The van der Waals surface area contributed by atoms with E-state index in [9.17, 15) is 0 Å². The van der Waals surface area contributed by atoms with E-state index in [1.54, 1.807) is 7.11 Å². The van der Waals surface area contributed by atoms with Crippen LogP contribution in [0.3, 0.4) is 0 Å². The minimum absolute atomic E-state index is 0.256. The van der Waals surface area contributed by atoms with E-state index in [1.807, 2.05) is 36.4 Å². The van der Waals surface area contributed by atoms with Crippen LogP contribution in [0, 0.1) is 0 Å². The number of methoxy groups -OCH3 is 1. The van der Waals surface area contributed by atoms with Gasteiger partial charge in [-0.05, 0) is 18.6 Å². The van der Waals surface area contributed by atoms with Crippen molar-refractivity contribution in [2.75, 3.05) is 13.7 Å². The molecule has 0 heterocycles. The van der Waals surface area contributed by atoms with Gasteiger partial charge >= 0.3 is 0 Å². The lowest BCUT2D eigenvalue weighted by molar-refractivity contribution is 0.403. The molecule has 0 bridgehead atoms. The van der Waals surface area contributed by atoms with Crippen molar-refractivity contribution >= 4 is 6.08 Å². The molecule has 2 aromatic carbocycles. The Morgan fingerprint density at radius 2 is 1.75 bits per heavy atom. The van der Waals surface area contributed by atoms with E-state index in [0.29, 0.717) is 0 Å². The fourth-order valence-corrected chi connectivity index (χ4v) is 2.14. The van der Waals surface area contributed by atoms with Crippen LogP contribution in [-0.2, 0) is 0 Å². The summed E-state index contributed by atoms with van der Waals surface area (Å²) in [6.45, 7) is 2.97. The van der Waals surface area contributed by atoms with Crippen molar-refractivity contribution in [3.8, 4) is 5.75 Å². The molecule has 0 fully saturated rings. The van der Waals surface area contributed by atoms with Crippen molar-refractivity contribution in [2.45, 2.75) is 13.0 Å². The standard InChI is InChI=1S/C18H21NO/c1-15(17-12-6-7-13-18(17)20-2)19-14-8-11-16-9-4-3-5-10-16/h3-13,15,19H,14H2,1-2H3/b11-8+/t15-/m0/s1. The summed E-state index contributed by atoms with van der Waals surface area (Å²) in [5.41, 5.74) is 2.40. The maximum atomic E-state index is 5.38. The van der Waals surface area contributed by atoms with Gasteiger partial charge in [0.15, 0.2) is 0 Å². The zero-order chi connectivity index (χ0) is 14.2. The highest BCUT2D eigenvalue weighted by Gasteiger charge is 2.08.